The summed E-state index contributed by atoms with van der Waals surface area (Å²) in [5, 5.41) is 2.74. The largest absolute Gasteiger partial charge is 0.317 e. The molecule has 1 atom stereocenters. The van der Waals surface area contributed by atoms with E-state index >= 15 is 0 Å². The third-order valence-corrected chi connectivity index (χ3v) is 6.93. The van der Waals surface area contributed by atoms with Crippen LogP contribution >= 0.6 is 0 Å². The zero-order valence-corrected chi connectivity index (χ0v) is 19.7. The Balaban J connectivity index is 0.00000102. The molecule has 0 spiro atoms. The van der Waals surface area contributed by atoms with E-state index in [1.54, 1.807) is 0 Å². The van der Waals surface area contributed by atoms with Gasteiger partial charge in [-0.1, -0.05) is 104 Å². The zero-order chi connectivity index (χ0) is 20.9. The van der Waals surface area contributed by atoms with Gasteiger partial charge in [-0.15, -0.1) is 0 Å². The van der Waals surface area contributed by atoms with Gasteiger partial charge in [0.15, 0.2) is 0 Å². The molecule has 1 heterocycles. The van der Waals surface area contributed by atoms with Crippen molar-refractivity contribution in [1.82, 2.24) is 5.32 Å². The van der Waals surface area contributed by atoms with E-state index in [-0.39, 0.29) is 0 Å². The van der Waals surface area contributed by atoms with Crippen molar-refractivity contribution < 1.29 is 13.0 Å². The molecule has 0 aromatic rings. The molecule has 0 radical (unpaired) electrons. The highest BCUT2D eigenvalue weighted by molar-refractivity contribution is 7.86. The number of piperidine rings is 1. The molecule has 1 unspecified atom stereocenters. The SMILES string of the molecule is C1CCNCC1.CCCCCCCCCCCCCCC(CCC)S(=O)(=O)O. The van der Waals surface area contributed by atoms with Crippen molar-refractivity contribution in [3.8, 4) is 0 Å². The summed E-state index contributed by atoms with van der Waals surface area (Å²) >= 11 is 0. The van der Waals surface area contributed by atoms with Crippen LogP contribution in [0.5, 0.6) is 0 Å². The lowest BCUT2D eigenvalue weighted by Gasteiger charge is -2.12. The van der Waals surface area contributed by atoms with Gasteiger partial charge in [-0.25, -0.2) is 0 Å². The minimum Gasteiger partial charge on any atom is -0.317 e. The third kappa shape index (κ3) is 19.2. The Morgan fingerprint density at radius 2 is 1.14 bits per heavy atom. The van der Waals surface area contributed by atoms with E-state index in [0.717, 1.165) is 19.3 Å². The fraction of sp³-hybridized carbons (Fsp3) is 1.00. The average molecular weight is 420 g/mol. The molecular formula is C23H49NO3S. The summed E-state index contributed by atoms with van der Waals surface area (Å²) in [5.41, 5.74) is 0. The second-order valence-corrected chi connectivity index (χ2v) is 10.1. The lowest BCUT2D eigenvalue weighted by atomic mass is 10.0. The summed E-state index contributed by atoms with van der Waals surface area (Å²) in [4.78, 5) is 0. The van der Waals surface area contributed by atoms with E-state index in [2.05, 4.69) is 12.2 Å². The first-order valence-electron chi connectivity index (χ1n) is 12.2. The van der Waals surface area contributed by atoms with Crippen LogP contribution in [0.3, 0.4) is 0 Å². The van der Waals surface area contributed by atoms with Crippen molar-refractivity contribution in [2.24, 2.45) is 0 Å². The van der Waals surface area contributed by atoms with E-state index in [4.69, 9.17) is 4.55 Å². The Labute approximate surface area is 176 Å². The number of nitrogens with one attached hydrogen (secondary N) is 1. The van der Waals surface area contributed by atoms with Crippen LogP contribution in [-0.4, -0.2) is 31.3 Å². The normalized spacial score (nSPS) is 15.7. The third-order valence-electron chi connectivity index (χ3n) is 5.62. The van der Waals surface area contributed by atoms with E-state index in [1.807, 2.05) is 6.92 Å². The van der Waals surface area contributed by atoms with Gasteiger partial charge in [0.25, 0.3) is 10.1 Å². The molecule has 0 bridgehead atoms. The van der Waals surface area contributed by atoms with Gasteiger partial charge in [-0.3, -0.25) is 4.55 Å². The highest BCUT2D eigenvalue weighted by Crippen LogP contribution is 2.17. The predicted molar refractivity (Wildman–Crippen MR) is 123 cm³/mol. The second kappa shape index (κ2) is 20.2. The van der Waals surface area contributed by atoms with Crippen molar-refractivity contribution in [2.75, 3.05) is 13.1 Å². The first-order valence-corrected chi connectivity index (χ1v) is 13.7. The van der Waals surface area contributed by atoms with Gasteiger partial charge in [0.2, 0.25) is 0 Å². The zero-order valence-electron chi connectivity index (χ0n) is 18.9. The molecule has 0 aliphatic carbocycles. The van der Waals surface area contributed by atoms with Crippen molar-refractivity contribution in [3.63, 3.8) is 0 Å². The minimum atomic E-state index is -3.84. The van der Waals surface area contributed by atoms with E-state index in [0.29, 0.717) is 12.8 Å². The van der Waals surface area contributed by atoms with Gasteiger partial charge in [0.1, 0.15) is 0 Å². The molecule has 0 aromatic carbocycles. The van der Waals surface area contributed by atoms with Gasteiger partial charge < -0.3 is 5.32 Å². The van der Waals surface area contributed by atoms with Crippen LogP contribution < -0.4 is 5.32 Å². The molecule has 28 heavy (non-hydrogen) atoms. The van der Waals surface area contributed by atoms with Crippen molar-refractivity contribution in [2.45, 2.75) is 135 Å². The molecule has 1 aliphatic heterocycles. The Bertz CT molecular complexity index is 397. The van der Waals surface area contributed by atoms with E-state index in [9.17, 15) is 8.42 Å². The van der Waals surface area contributed by atoms with Gasteiger partial charge >= 0.3 is 0 Å². The lowest BCUT2D eigenvalue weighted by Crippen LogP contribution is -2.21. The van der Waals surface area contributed by atoms with Crippen molar-refractivity contribution >= 4 is 10.1 Å². The smallest absolute Gasteiger partial charge is 0.267 e. The standard InChI is InChI=1S/C18H38O3S.C5H11N/c1-3-5-6-7-8-9-10-11-12-13-14-15-17-18(16-4-2)22(19,20)21;1-2-4-6-5-3-1/h18H,3-17H2,1-2H3,(H,19,20,21);6H,1-5H2. The lowest BCUT2D eigenvalue weighted by molar-refractivity contribution is 0.448. The molecular weight excluding hydrogens is 370 g/mol. The molecule has 0 aromatic heterocycles. The quantitative estimate of drug-likeness (QED) is 0.211. The highest BCUT2D eigenvalue weighted by atomic mass is 32.2. The molecule has 1 fully saturated rings. The summed E-state index contributed by atoms with van der Waals surface area (Å²) in [5.74, 6) is 0. The number of rotatable bonds is 16. The predicted octanol–water partition coefficient (Wildman–Crippen LogP) is 6.89. The molecule has 4 nitrogen and oxygen atoms in total. The number of unbranched alkanes of at least 4 members (excludes halogenated alkanes) is 11. The minimum absolute atomic E-state index is 0.541. The first-order chi connectivity index (χ1) is 13.5. The second-order valence-electron chi connectivity index (χ2n) is 8.41. The van der Waals surface area contributed by atoms with Crippen LogP contribution in [0, 0.1) is 0 Å². The average Bonchev–Trinajstić information content (AvgIpc) is 2.69. The Morgan fingerprint density at radius 3 is 1.46 bits per heavy atom. The van der Waals surface area contributed by atoms with Gasteiger partial charge in [0.05, 0.1) is 5.25 Å². The maximum Gasteiger partial charge on any atom is 0.267 e. The first kappa shape index (κ1) is 27.9. The molecule has 0 amide bonds. The Hall–Kier alpha value is -0.130. The monoisotopic (exact) mass is 419 g/mol. The number of hydrogen-bond donors (Lipinski definition) is 2. The summed E-state index contributed by atoms with van der Waals surface area (Å²) < 4.78 is 31.6. The molecule has 1 rings (SSSR count). The fourth-order valence-corrected chi connectivity index (χ4v) is 4.78. The molecule has 1 aliphatic rings. The maximum atomic E-state index is 11.2. The summed E-state index contributed by atoms with van der Waals surface area (Å²) in [7, 11) is -3.84. The molecule has 170 valence electrons. The van der Waals surface area contributed by atoms with E-state index in [1.165, 1.54) is 96.6 Å². The van der Waals surface area contributed by atoms with Crippen LogP contribution in [0.2, 0.25) is 0 Å². The highest BCUT2D eigenvalue weighted by Gasteiger charge is 2.20. The molecule has 5 heteroatoms. The van der Waals surface area contributed by atoms with Crippen LogP contribution in [0.25, 0.3) is 0 Å². The van der Waals surface area contributed by atoms with Crippen molar-refractivity contribution in [1.29, 1.82) is 0 Å². The fourth-order valence-electron chi connectivity index (χ4n) is 3.78. The van der Waals surface area contributed by atoms with Crippen LogP contribution in [0.4, 0.5) is 0 Å². The van der Waals surface area contributed by atoms with Crippen LogP contribution in [0.1, 0.15) is 129 Å². The molecule has 1 saturated heterocycles. The van der Waals surface area contributed by atoms with Crippen LogP contribution in [-0.2, 0) is 10.1 Å². The maximum absolute atomic E-state index is 11.2. The van der Waals surface area contributed by atoms with Gasteiger partial charge in [0, 0.05) is 0 Å². The van der Waals surface area contributed by atoms with Crippen LogP contribution in [0.15, 0.2) is 0 Å². The van der Waals surface area contributed by atoms with Gasteiger partial charge in [-0.2, -0.15) is 8.42 Å². The summed E-state index contributed by atoms with van der Waals surface area (Å²) in [6.07, 6.45) is 21.6. The van der Waals surface area contributed by atoms with Gasteiger partial charge in [-0.05, 0) is 38.8 Å². The van der Waals surface area contributed by atoms with E-state index < -0.39 is 15.4 Å². The summed E-state index contributed by atoms with van der Waals surface area (Å²) in [6.45, 7) is 6.71. The summed E-state index contributed by atoms with van der Waals surface area (Å²) in [6, 6.07) is 0. The van der Waals surface area contributed by atoms with Crippen molar-refractivity contribution in [3.05, 3.63) is 0 Å². The molecule has 2 N–H and O–H groups in total. The Morgan fingerprint density at radius 1 is 0.679 bits per heavy atom. The molecule has 0 saturated carbocycles. The Kier molecular flexibility index (Phi) is 20.1. The number of hydrogen-bond acceptors (Lipinski definition) is 3. The topological polar surface area (TPSA) is 66.4 Å².